The van der Waals surface area contributed by atoms with Gasteiger partial charge in [0.15, 0.2) is 0 Å². The van der Waals surface area contributed by atoms with Gasteiger partial charge < -0.3 is 4.74 Å². The molecule has 1 amide bonds. The average Bonchev–Trinajstić information content (AvgIpc) is 2.87. The first-order valence-corrected chi connectivity index (χ1v) is 13.4. The summed E-state index contributed by atoms with van der Waals surface area (Å²) < 4.78 is 33.5. The van der Waals surface area contributed by atoms with Gasteiger partial charge >= 0.3 is 0 Å². The SMILES string of the molecule is C=CCOc1cccc(C=NNC(=O)CN(c2ccc(C)cc2)S(=O)(=O)c2ccc(SC)cc2)c1. The molecule has 0 unspecified atom stereocenters. The molecule has 7 nitrogen and oxygen atoms in total. The maximum atomic E-state index is 13.5. The third kappa shape index (κ3) is 7.21. The molecular weight excluding hydrogens is 482 g/mol. The zero-order chi connectivity index (χ0) is 25.3. The standard InChI is InChI=1S/C26H27N3O4S2/c1-4-16-33-23-7-5-6-21(17-23)18-27-28-26(30)19-29(22-10-8-20(2)9-11-22)35(31,32)25-14-12-24(34-3)13-15-25/h4-15,17-18H,1,16,19H2,2-3H3,(H,28,30). The number of aryl methyl sites for hydroxylation is 1. The van der Waals surface area contributed by atoms with Crippen LogP contribution in [0.25, 0.3) is 0 Å². The molecular formula is C26H27N3O4S2. The Morgan fingerprint density at radius 1 is 1.11 bits per heavy atom. The van der Waals surface area contributed by atoms with Crippen molar-refractivity contribution >= 4 is 39.6 Å². The summed E-state index contributed by atoms with van der Waals surface area (Å²) in [4.78, 5) is 13.7. The Labute approximate surface area is 210 Å². The van der Waals surface area contributed by atoms with Crippen molar-refractivity contribution in [1.29, 1.82) is 0 Å². The summed E-state index contributed by atoms with van der Waals surface area (Å²) in [6.07, 6.45) is 5.02. The average molecular weight is 510 g/mol. The molecule has 0 fully saturated rings. The number of nitrogens with zero attached hydrogens (tertiary/aromatic N) is 2. The van der Waals surface area contributed by atoms with Crippen LogP contribution in [0.2, 0.25) is 0 Å². The molecule has 0 bridgehead atoms. The number of benzene rings is 3. The molecule has 1 N–H and O–H groups in total. The van der Waals surface area contributed by atoms with E-state index in [0.29, 0.717) is 23.6 Å². The van der Waals surface area contributed by atoms with E-state index in [1.54, 1.807) is 78.9 Å². The number of rotatable bonds is 11. The van der Waals surface area contributed by atoms with Crippen LogP contribution in [0.1, 0.15) is 11.1 Å². The summed E-state index contributed by atoms with van der Waals surface area (Å²) in [6, 6.07) is 20.7. The third-order valence-electron chi connectivity index (χ3n) is 4.89. The number of sulfonamides is 1. The first-order valence-electron chi connectivity index (χ1n) is 10.7. The minimum Gasteiger partial charge on any atom is -0.490 e. The fraction of sp³-hybridized carbons (Fsp3) is 0.154. The van der Waals surface area contributed by atoms with E-state index >= 15 is 0 Å². The Balaban J connectivity index is 1.78. The van der Waals surface area contributed by atoms with Crippen molar-refractivity contribution in [2.75, 3.05) is 23.7 Å². The topological polar surface area (TPSA) is 88.1 Å². The molecule has 9 heteroatoms. The van der Waals surface area contributed by atoms with Crippen molar-refractivity contribution in [2.45, 2.75) is 16.7 Å². The van der Waals surface area contributed by atoms with Crippen molar-refractivity contribution < 1.29 is 17.9 Å². The van der Waals surface area contributed by atoms with E-state index in [4.69, 9.17) is 4.74 Å². The molecule has 0 aliphatic rings. The highest BCUT2D eigenvalue weighted by Crippen LogP contribution is 2.25. The molecule has 0 radical (unpaired) electrons. The fourth-order valence-electron chi connectivity index (χ4n) is 3.09. The number of hydrogen-bond donors (Lipinski definition) is 1. The van der Waals surface area contributed by atoms with Crippen LogP contribution in [0.15, 0.2) is 100 Å². The molecule has 182 valence electrons. The second-order valence-electron chi connectivity index (χ2n) is 7.49. The maximum absolute atomic E-state index is 13.5. The number of carbonyl (C=O) groups excluding carboxylic acids is 1. The summed E-state index contributed by atoms with van der Waals surface area (Å²) in [5.41, 5.74) is 4.48. The van der Waals surface area contributed by atoms with E-state index in [9.17, 15) is 13.2 Å². The zero-order valence-electron chi connectivity index (χ0n) is 19.5. The first-order chi connectivity index (χ1) is 16.8. The van der Waals surface area contributed by atoms with Gasteiger partial charge in [0.2, 0.25) is 0 Å². The number of carbonyl (C=O) groups is 1. The molecule has 3 aromatic carbocycles. The van der Waals surface area contributed by atoms with Gasteiger partial charge in [-0.2, -0.15) is 5.10 Å². The monoisotopic (exact) mass is 509 g/mol. The number of nitrogens with one attached hydrogen (secondary N) is 1. The number of ether oxygens (including phenoxy) is 1. The van der Waals surface area contributed by atoms with Crippen molar-refractivity contribution in [3.8, 4) is 5.75 Å². The highest BCUT2D eigenvalue weighted by molar-refractivity contribution is 7.98. The molecule has 3 aromatic rings. The summed E-state index contributed by atoms with van der Waals surface area (Å²) in [5.74, 6) is 0.0644. The Bertz CT molecular complexity index is 1290. The summed E-state index contributed by atoms with van der Waals surface area (Å²) in [6.45, 7) is 5.46. The minimum atomic E-state index is -3.99. The van der Waals surface area contributed by atoms with Gasteiger partial charge in [-0.3, -0.25) is 9.10 Å². The molecule has 0 atom stereocenters. The number of hydrogen-bond acceptors (Lipinski definition) is 6. The highest BCUT2D eigenvalue weighted by Gasteiger charge is 2.27. The summed E-state index contributed by atoms with van der Waals surface area (Å²) in [7, 11) is -3.99. The number of anilines is 1. The third-order valence-corrected chi connectivity index (χ3v) is 7.42. The lowest BCUT2D eigenvalue weighted by molar-refractivity contribution is -0.119. The van der Waals surface area contributed by atoms with E-state index in [1.165, 1.54) is 18.0 Å². The van der Waals surface area contributed by atoms with Gasteiger partial charge in [-0.15, -0.1) is 11.8 Å². The molecule has 0 aromatic heterocycles. The van der Waals surface area contributed by atoms with Gasteiger partial charge in [0.1, 0.15) is 18.9 Å². The summed E-state index contributed by atoms with van der Waals surface area (Å²) >= 11 is 1.52. The lowest BCUT2D eigenvalue weighted by Gasteiger charge is -2.24. The highest BCUT2D eigenvalue weighted by atomic mass is 32.2. The molecule has 0 aliphatic heterocycles. The second kappa shape index (κ2) is 12.2. The van der Waals surface area contributed by atoms with Crippen molar-refractivity contribution in [3.63, 3.8) is 0 Å². The lowest BCUT2D eigenvalue weighted by Crippen LogP contribution is -2.39. The summed E-state index contributed by atoms with van der Waals surface area (Å²) in [5, 5.41) is 3.98. The van der Waals surface area contributed by atoms with Crippen LogP contribution in [0, 0.1) is 6.92 Å². The predicted molar refractivity (Wildman–Crippen MR) is 142 cm³/mol. The molecule has 0 heterocycles. The maximum Gasteiger partial charge on any atom is 0.264 e. The van der Waals surface area contributed by atoms with Gasteiger partial charge in [0.25, 0.3) is 15.9 Å². The Morgan fingerprint density at radius 2 is 1.83 bits per heavy atom. The van der Waals surface area contributed by atoms with Gasteiger partial charge in [0, 0.05) is 4.90 Å². The van der Waals surface area contributed by atoms with Gasteiger partial charge in [-0.05, 0) is 67.3 Å². The molecule has 3 rings (SSSR count). The lowest BCUT2D eigenvalue weighted by atomic mass is 10.2. The van der Waals surface area contributed by atoms with Gasteiger partial charge in [-0.1, -0.05) is 42.5 Å². The minimum absolute atomic E-state index is 0.100. The Kier molecular flexibility index (Phi) is 9.11. The predicted octanol–water partition coefficient (Wildman–Crippen LogP) is 4.63. The second-order valence-corrected chi connectivity index (χ2v) is 10.2. The van der Waals surface area contributed by atoms with Crippen LogP contribution in [-0.2, 0) is 14.8 Å². The van der Waals surface area contributed by atoms with Crippen LogP contribution in [-0.4, -0.2) is 39.9 Å². The van der Waals surface area contributed by atoms with Crippen LogP contribution in [0.5, 0.6) is 5.75 Å². The van der Waals surface area contributed by atoms with Crippen LogP contribution < -0.4 is 14.5 Å². The van der Waals surface area contributed by atoms with E-state index in [2.05, 4.69) is 17.1 Å². The molecule has 0 spiro atoms. The normalized spacial score (nSPS) is 11.3. The smallest absolute Gasteiger partial charge is 0.264 e. The number of hydrazone groups is 1. The molecule has 0 saturated carbocycles. The van der Waals surface area contributed by atoms with E-state index in [0.717, 1.165) is 14.8 Å². The van der Waals surface area contributed by atoms with Crippen LogP contribution >= 0.6 is 11.8 Å². The van der Waals surface area contributed by atoms with E-state index in [-0.39, 0.29) is 4.90 Å². The van der Waals surface area contributed by atoms with Crippen LogP contribution in [0.4, 0.5) is 5.69 Å². The first kappa shape index (κ1) is 26.1. The van der Waals surface area contributed by atoms with Gasteiger partial charge in [0.05, 0.1) is 16.8 Å². The zero-order valence-corrected chi connectivity index (χ0v) is 21.2. The van der Waals surface area contributed by atoms with Crippen LogP contribution in [0.3, 0.4) is 0 Å². The quantitative estimate of drug-likeness (QED) is 0.176. The Morgan fingerprint density at radius 3 is 2.49 bits per heavy atom. The molecule has 0 saturated heterocycles. The van der Waals surface area contributed by atoms with Gasteiger partial charge in [-0.25, -0.2) is 13.8 Å². The number of amides is 1. The molecule has 0 aliphatic carbocycles. The Hall–Kier alpha value is -3.56. The molecule has 35 heavy (non-hydrogen) atoms. The largest absolute Gasteiger partial charge is 0.490 e. The number of thioether (sulfide) groups is 1. The van der Waals surface area contributed by atoms with Crippen molar-refractivity contribution in [1.82, 2.24) is 5.43 Å². The van der Waals surface area contributed by atoms with Crippen molar-refractivity contribution in [2.24, 2.45) is 5.10 Å². The van der Waals surface area contributed by atoms with E-state index in [1.807, 2.05) is 13.2 Å². The van der Waals surface area contributed by atoms with Crippen molar-refractivity contribution in [3.05, 3.63) is 96.6 Å². The van der Waals surface area contributed by atoms with E-state index < -0.39 is 22.5 Å². The fourth-order valence-corrected chi connectivity index (χ4v) is 4.91.